The molecular formula is C37H33ClF3N9O2S. The second kappa shape index (κ2) is 15.7. The van der Waals surface area contributed by atoms with Crippen LogP contribution in [-0.4, -0.2) is 55.3 Å². The number of nitrogens with zero attached hydrogens (tertiary/aromatic N) is 6. The third-order valence-electron chi connectivity index (χ3n) is 8.48. The Balaban J connectivity index is 1.10. The quantitative estimate of drug-likeness (QED) is 0.114. The summed E-state index contributed by atoms with van der Waals surface area (Å²) in [6, 6.07) is 11.6. The van der Waals surface area contributed by atoms with Gasteiger partial charge in [0.05, 0.1) is 18.7 Å². The summed E-state index contributed by atoms with van der Waals surface area (Å²) in [5.41, 5.74) is 10.9. The van der Waals surface area contributed by atoms with Crippen LogP contribution < -0.4 is 16.4 Å². The molecule has 0 aliphatic carbocycles. The number of amides is 2. The fraction of sp³-hybridized carbons (Fsp3) is 0.270. The Morgan fingerprint density at radius 2 is 1.75 bits per heavy atom. The van der Waals surface area contributed by atoms with Crippen molar-refractivity contribution in [1.29, 1.82) is 0 Å². The van der Waals surface area contributed by atoms with Gasteiger partial charge in [-0.15, -0.1) is 21.5 Å². The van der Waals surface area contributed by atoms with Crippen LogP contribution in [0.5, 0.6) is 0 Å². The molecule has 53 heavy (non-hydrogen) atoms. The van der Waals surface area contributed by atoms with E-state index in [1.165, 1.54) is 0 Å². The lowest BCUT2D eigenvalue weighted by atomic mass is 9.99. The van der Waals surface area contributed by atoms with Crippen molar-refractivity contribution in [3.05, 3.63) is 104 Å². The number of rotatable bonds is 9. The molecule has 5 aromatic rings. The lowest BCUT2D eigenvalue weighted by molar-refractivity contribution is -0.145. The first-order valence-corrected chi connectivity index (χ1v) is 17.7. The summed E-state index contributed by atoms with van der Waals surface area (Å²) in [5, 5.41) is 16.0. The molecule has 1 aliphatic rings. The molecule has 1 atom stereocenters. The van der Waals surface area contributed by atoms with Crippen molar-refractivity contribution in [3.63, 3.8) is 0 Å². The van der Waals surface area contributed by atoms with Gasteiger partial charge in [-0.2, -0.15) is 13.2 Å². The molecule has 0 saturated heterocycles. The zero-order valence-electron chi connectivity index (χ0n) is 28.8. The van der Waals surface area contributed by atoms with E-state index in [-0.39, 0.29) is 37.7 Å². The predicted octanol–water partition coefficient (Wildman–Crippen LogP) is 6.51. The number of halogens is 4. The van der Waals surface area contributed by atoms with E-state index in [0.717, 1.165) is 44.7 Å². The van der Waals surface area contributed by atoms with Crippen LogP contribution in [0, 0.1) is 32.6 Å². The number of aryl methyl sites for hydroxylation is 2. The number of carbonyl (C=O) groups is 2. The Labute approximate surface area is 311 Å². The number of aliphatic imine (C=N–C) groups is 1. The van der Waals surface area contributed by atoms with Gasteiger partial charge in [0.1, 0.15) is 16.9 Å². The number of fused-ring (bicyclic) bond motifs is 3. The highest BCUT2D eigenvalue weighted by molar-refractivity contribution is 7.15. The van der Waals surface area contributed by atoms with Crippen LogP contribution in [0.4, 0.5) is 18.9 Å². The van der Waals surface area contributed by atoms with Crippen molar-refractivity contribution in [2.75, 3.05) is 18.4 Å². The van der Waals surface area contributed by atoms with Crippen LogP contribution in [0.1, 0.15) is 69.9 Å². The van der Waals surface area contributed by atoms with Crippen molar-refractivity contribution in [2.24, 2.45) is 10.7 Å². The molecule has 4 heterocycles. The van der Waals surface area contributed by atoms with Crippen molar-refractivity contribution in [3.8, 4) is 28.0 Å². The number of alkyl halides is 3. The van der Waals surface area contributed by atoms with E-state index in [9.17, 15) is 22.8 Å². The molecule has 3 aromatic heterocycles. The van der Waals surface area contributed by atoms with Crippen LogP contribution in [0.3, 0.4) is 0 Å². The first-order valence-electron chi connectivity index (χ1n) is 16.5. The number of hydrogen-bond acceptors (Lipinski definition) is 9. The minimum Gasteiger partial charge on any atom is -0.356 e. The average Bonchev–Trinajstić information content (AvgIpc) is 3.61. The Morgan fingerprint density at radius 1 is 1.02 bits per heavy atom. The zero-order valence-corrected chi connectivity index (χ0v) is 30.4. The van der Waals surface area contributed by atoms with Crippen LogP contribution in [0.25, 0.3) is 16.1 Å². The molecule has 2 aromatic carbocycles. The van der Waals surface area contributed by atoms with Gasteiger partial charge in [0.2, 0.25) is 17.6 Å². The maximum absolute atomic E-state index is 13.3. The molecular weight excluding hydrogens is 727 g/mol. The van der Waals surface area contributed by atoms with Crippen molar-refractivity contribution >= 4 is 46.2 Å². The van der Waals surface area contributed by atoms with Gasteiger partial charge < -0.3 is 16.4 Å². The molecule has 0 spiro atoms. The number of hydrogen-bond donors (Lipinski definition) is 3. The van der Waals surface area contributed by atoms with Crippen molar-refractivity contribution in [2.45, 2.75) is 52.3 Å². The Kier molecular flexibility index (Phi) is 11.0. The standard InChI is InChI=1S/C37H33ClF3N9O2S/c1-20-21(2)53-35-32(20)33(23-8-10-26(38)11-9-23)47-29(34-49-48-22(3)50(34)35)17-31(52)43-15-5-7-30(51)46-27-12-13-28(24(16-27)6-4-14-42)25-18-44-36(45-19-25)37(39,40)41/h8-13,16,18-19,29H,5,7,14-15,17,42H2,1-3H3,(H,43,52)(H,46,51)/t29-/m0/s1. The van der Waals surface area contributed by atoms with Crippen LogP contribution in [0.15, 0.2) is 59.9 Å². The first-order chi connectivity index (χ1) is 25.3. The molecule has 16 heteroatoms. The fourth-order valence-electron chi connectivity index (χ4n) is 5.82. The number of thiophene rings is 1. The summed E-state index contributed by atoms with van der Waals surface area (Å²) in [5.74, 6) is 5.06. The lowest BCUT2D eigenvalue weighted by Gasteiger charge is -2.13. The number of aromatic nitrogens is 5. The summed E-state index contributed by atoms with van der Waals surface area (Å²) >= 11 is 7.83. The van der Waals surface area contributed by atoms with E-state index in [1.54, 1.807) is 29.5 Å². The summed E-state index contributed by atoms with van der Waals surface area (Å²) < 4.78 is 40.8. The Morgan fingerprint density at radius 3 is 2.45 bits per heavy atom. The topological polar surface area (TPSA) is 153 Å². The molecule has 0 fully saturated rings. The van der Waals surface area contributed by atoms with Gasteiger partial charge in [-0.05, 0) is 57.0 Å². The SMILES string of the molecule is Cc1sc2c(c1C)C(c1ccc(Cl)cc1)=N[C@@H](CC(=O)NCCCC(=O)Nc1ccc(-c3cnc(C(F)(F)F)nc3)c(C#CCN)c1)c1nnc(C)n1-2. The highest BCUT2D eigenvalue weighted by Crippen LogP contribution is 2.39. The third-order valence-corrected chi connectivity index (χ3v) is 9.93. The zero-order chi connectivity index (χ0) is 37.9. The molecule has 4 N–H and O–H groups in total. The normalized spacial score (nSPS) is 13.6. The number of benzene rings is 2. The molecule has 2 amide bonds. The summed E-state index contributed by atoms with van der Waals surface area (Å²) in [7, 11) is 0. The second-order valence-corrected chi connectivity index (χ2v) is 13.8. The summed E-state index contributed by atoms with van der Waals surface area (Å²) in [6.07, 6.45) is -2.06. The van der Waals surface area contributed by atoms with Gasteiger partial charge in [0.25, 0.3) is 0 Å². The Hall–Kier alpha value is -5.43. The maximum atomic E-state index is 13.3. The van der Waals surface area contributed by atoms with E-state index in [2.05, 4.69) is 56.5 Å². The monoisotopic (exact) mass is 759 g/mol. The highest BCUT2D eigenvalue weighted by Gasteiger charge is 2.35. The van der Waals surface area contributed by atoms with Crippen LogP contribution in [0.2, 0.25) is 5.02 Å². The Bertz CT molecular complexity index is 2270. The molecule has 0 saturated carbocycles. The molecule has 0 radical (unpaired) electrons. The van der Waals surface area contributed by atoms with E-state index in [4.69, 9.17) is 22.3 Å². The highest BCUT2D eigenvalue weighted by atomic mass is 35.5. The number of nitrogens with one attached hydrogen (secondary N) is 2. The number of anilines is 1. The van der Waals surface area contributed by atoms with Crippen molar-refractivity contribution < 1.29 is 22.8 Å². The molecule has 272 valence electrons. The van der Waals surface area contributed by atoms with Crippen molar-refractivity contribution in [1.82, 2.24) is 30.0 Å². The predicted molar refractivity (Wildman–Crippen MR) is 197 cm³/mol. The first kappa shape index (κ1) is 37.3. The lowest BCUT2D eigenvalue weighted by Crippen LogP contribution is -2.27. The van der Waals surface area contributed by atoms with Gasteiger partial charge in [-0.25, -0.2) is 9.97 Å². The summed E-state index contributed by atoms with van der Waals surface area (Å²) in [6.45, 7) is 6.28. The third kappa shape index (κ3) is 8.30. The largest absolute Gasteiger partial charge is 0.451 e. The van der Waals surface area contributed by atoms with Gasteiger partial charge in [0, 0.05) is 68.8 Å². The number of nitrogens with two attached hydrogens (primary N) is 1. The second-order valence-electron chi connectivity index (χ2n) is 12.2. The average molecular weight is 760 g/mol. The van der Waals surface area contributed by atoms with E-state index in [0.29, 0.717) is 45.5 Å². The molecule has 0 unspecified atom stereocenters. The minimum absolute atomic E-state index is 0.0112. The van der Waals surface area contributed by atoms with E-state index >= 15 is 0 Å². The number of carbonyl (C=O) groups excluding carboxylic acids is 2. The van der Waals surface area contributed by atoms with E-state index < -0.39 is 18.0 Å². The summed E-state index contributed by atoms with van der Waals surface area (Å²) in [4.78, 5) is 39.2. The van der Waals surface area contributed by atoms with Gasteiger partial charge in [0.15, 0.2) is 5.82 Å². The van der Waals surface area contributed by atoms with Gasteiger partial charge >= 0.3 is 6.18 Å². The minimum atomic E-state index is -4.67. The fourth-order valence-corrected chi connectivity index (χ4v) is 7.16. The van der Waals surface area contributed by atoms with Gasteiger partial charge in [-0.3, -0.25) is 19.1 Å². The molecule has 11 nitrogen and oxygen atoms in total. The smallest absolute Gasteiger partial charge is 0.356 e. The molecule has 6 rings (SSSR count). The molecule has 0 bridgehead atoms. The molecule has 1 aliphatic heterocycles. The van der Waals surface area contributed by atoms with Crippen LogP contribution >= 0.6 is 22.9 Å². The van der Waals surface area contributed by atoms with Crippen LogP contribution in [-0.2, 0) is 15.8 Å². The van der Waals surface area contributed by atoms with E-state index in [1.807, 2.05) is 35.8 Å². The van der Waals surface area contributed by atoms with Gasteiger partial charge in [-0.1, -0.05) is 41.6 Å². The maximum Gasteiger partial charge on any atom is 0.451 e.